The highest BCUT2D eigenvalue weighted by atomic mass is 32.1. The first-order chi connectivity index (χ1) is 15.2. The fraction of sp³-hybridized carbons (Fsp3) is 0.520. The maximum atomic E-state index is 13.2. The average Bonchev–Trinajstić information content (AvgIpc) is 3.49. The zero-order valence-corrected chi connectivity index (χ0v) is 18.9. The van der Waals surface area contributed by atoms with E-state index in [1.807, 2.05) is 4.90 Å². The molecular weight excluding hydrogens is 406 g/mol. The van der Waals surface area contributed by atoms with E-state index in [0.717, 1.165) is 82.8 Å². The van der Waals surface area contributed by atoms with Gasteiger partial charge >= 0.3 is 0 Å². The van der Waals surface area contributed by atoms with Crippen molar-refractivity contribution < 1.29 is 9.59 Å². The van der Waals surface area contributed by atoms with Gasteiger partial charge in [-0.05, 0) is 49.3 Å². The number of hydrogen-bond acceptors (Lipinski definition) is 4. The first kappa shape index (κ1) is 20.7. The summed E-state index contributed by atoms with van der Waals surface area (Å²) in [5, 5.41) is 0. The summed E-state index contributed by atoms with van der Waals surface area (Å²) in [6.07, 6.45) is 4.87. The van der Waals surface area contributed by atoms with Gasteiger partial charge in [0.25, 0.3) is 5.91 Å². The Morgan fingerprint density at radius 3 is 2.42 bits per heavy atom. The summed E-state index contributed by atoms with van der Waals surface area (Å²) < 4.78 is 0. The molecule has 31 heavy (non-hydrogen) atoms. The van der Waals surface area contributed by atoms with E-state index in [2.05, 4.69) is 46.2 Å². The van der Waals surface area contributed by atoms with Crippen molar-refractivity contribution in [2.24, 2.45) is 5.92 Å². The van der Waals surface area contributed by atoms with Gasteiger partial charge in [0.05, 0.1) is 4.88 Å². The molecule has 6 heteroatoms. The molecule has 2 aromatic rings. The molecule has 2 amide bonds. The number of nitrogens with zero attached hydrogens (tertiary/aromatic N) is 3. The van der Waals surface area contributed by atoms with E-state index in [1.165, 1.54) is 16.0 Å². The molecule has 0 saturated carbocycles. The van der Waals surface area contributed by atoms with E-state index in [9.17, 15) is 9.59 Å². The van der Waals surface area contributed by atoms with Crippen LogP contribution in [0.1, 0.15) is 44.9 Å². The normalized spacial score (nSPS) is 21.9. The molecular formula is C25H31N3O2S. The lowest BCUT2D eigenvalue weighted by Gasteiger charge is -2.37. The lowest BCUT2D eigenvalue weighted by molar-refractivity contribution is -0.137. The van der Waals surface area contributed by atoms with Crippen molar-refractivity contribution in [1.82, 2.24) is 14.7 Å². The number of benzene rings is 1. The molecule has 5 nitrogen and oxygen atoms in total. The minimum absolute atomic E-state index is 0.0671. The van der Waals surface area contributed by atoms with E-state index >= 15 is 0 Å². The largest absolute Gasteiger partial charge is 0.340 e. The fourth-order valence-electron chi connectivity index (χ4n) is 5.14. The summed E-state index contributed by atoms with van der Waals surface area (Å²) >= 11 is 1.66. The van der Waals surface area contributed by atoms with Gasteiger partial charge in [-0.2, -0.15) is 0 Å². The minimum Gasteiger partial charge on any atom is -0.340 e. The summed E-state index contributed by atoms with van der Waals surface area (Å²) in [6.45, 7) is 6.24. The molecule has 1 unspecified atom stereocenters. The van der Waals surface area contributed by atoms with Crippen LogP contribution in [-0.4, -0.2) is 65.8 Å². The molecule has 0 spiro atoms. The summed E-state index contributed by atoms with van der Waals surface area (Å²) in [5.74, 6) is 0.565. The molecule has 2 aliphatic heterocycles. The van der Waals surface area contributed by atoms with Crippen LogP contribution in [0.5, 0.6) is 0 Å². The standard InChI is InChI=1S/C25H31N3O2S/c29-24(28-14-12-26(13-15-28)18-19-6-2-1-3-7-19)20-8-9-22-21(16-20)17-23(31-22)25(30)27-10-4-5-11-27/h1-3,6-7,17,20H,4-5,8-16,18H2. The summed E-state index contributed by atoms with van der Waals surface area (Å²) in [5.41, 5.74) is 2.57. The predicted octanol–water partition coefficient (Wildman–Crippen LogP) is 3.43. The van der Waals surface area contributed by atoms with Gasteiger partial charge in [0, 0.05) is 56.6 Å². The number of rotatable bonds is 4. The molecule has 2 fully saturated rings. The zero-order valence-electron chi connectivity index (χ0n) is 18.1. The molecule has 3 heterocycles. The fourth-order valence-corrected chi connectivity index (χ4v) is 6.32. The molecule has 1 aromatic carbocycles. The van der Waals surface area contributed by atoms with Crippen LogP contribution in [-0.2, 0) is 24.2 Å². The SMILES string of the molecule is O=C(c1cc2c(s1)CCC(C(=O)N1CCN(Cc3ccccc3)CC1)C2)N1CCCC1. The summed E-state index contributed by atoms with van der Waals surface area (Å²) in [6, 6.07) is 12.6. The van der Waals surface area contributed by atoms with Gasteiger partial charge in [-0.15, -0.1) is 11.3 Å². The number of likely N-dealkylation sites (tertiary alicyclic amines) is 1. The highest BCUT2D eigenvalue weighted by Gasteiger charge is 2.32. The molecule has 1 atom stereocenters. The van der Waals surface area contributed by atoms with Crippen LogP contribution in [0.4, 0.5) is 0 Å². The number of hydrogen-bond donors (Lipinski definition) is 0. The molecule has 1 aromatic heterocycles. The van der Waals surface area contributed by atoms with E-state index in [4.69, 9.17) is 0 Å². The van der Waals surface area contributed by atoms with Gasteiger partial charge in [-0.1, -0.05) is 30.3 Å². The van der Waals surface area contributed by atoms with E-state index in [0.29, 0.717) is 5.91 Å². The van der Waals surface area contributed by atoms with Gasteiger partial charge in [-0.25, -0.2) is 0 Å². The highest BCUT2D eigenvalue weighted by Crippen LogP contribution is 2.34. The van der Waals surface area contributed by atoms with Crippen LogP contribution in [0, 0.1) is 5.92 Å². The topological polar surface area (TPSA) is 43.9 Å². The third-order valence-corrected chi connectivity index (χ3v) is 8.19. The maximum Gasteiger partial charge on any atom is 0.263 e. The van der Waals surface area contributed by atoms with Gasteiger partial charge in [-0.3, -0.25) is 14.5 Å². The zero-order chi connectivity index (χ0) is 21.2. The van der Waals surface area contributed by atoms with Crippen molar-refractivity contribution in [3.63, 3.8) is 0 Å². The molecule has 164 valence electrons. The Labute approximate surface area is 188 Å². The van der Waals surface area contributed by atoms with Crippen molar-refractivity contribution in [2.75, 3.05) is 39.3 Å². The second-order valence-electron chi connectivity index (χ2n) is 9.09. The first-order valence-corrected chi connectivity index (χ1v) is 12.4. The molecule has 0 N–H and O–H groups in total. The first-order valence-electron chi connectivity index (χ1n) is 11.6. The number of piperazine rings is 1. The molecule has 2 saturated heterocycles. The Bertz CT molecular complexity index is 927. The molecule has 3 aliphatic rings. The van der Waals surface area contributed by atoms with Crippen LogP contribution in [0.25, 0.3) is 0 Å². The summed E-state index contributed by atoms with van der Waals surface area (Å²) in [7, 11) is 0. The quantitative estimate of drug-likeness (QED) is 0.736. The Balaban J connectivity index is 1.16. The molecule has 0 radical (unpaired) electrons. The van der Waals surface area contributed by atoms with Gasteiger partial charge in [0.1, 0.15) is 0 Å². The van der Waals surface area contributed by atoms with Gasteiger partial charge < -0.3 is 9.80 Å². The van der Waals surface area contributed by atoms with E-state index < -0.39 is 0 Å². The third-order valence-electron chi connectivity index (χ3n) is 6.97. The van der Waals surface area contributed by atoms with Crippen molar-refractivity contribution in [3.8, 4) is 0 Å². The Kier molecular flexibility index (Phi) is 6.10. The monoisotopic (exact) mass is 437 g/mol. The van der Waals surface area contributed by atoms with E-state index in [1.54, 1.807) is 11.3 Å². The number of amides is 2. The van der Waals surface area contributed by atoms with Crippen molar-refractivity contribution in [2.45, 2.75) is 38.6 Å². The second-order valence-corrected chi connectivity index (χ2v) is 10.2. The number of aryl methyl sites for hydroxylation is 1. The van der Waals surface area contributed by atoms with Crippen LogP contribution >= 0.6 is 11.3 Å². The Hall–Kier alpha value is -2.18. The molecule has 1 aliphatic carbocycles. The minimum atomic E-state index is 0.0671. The Morgan fingerprint density at radius 1 is 0.935 bits per heavy atom. The van der Waals surface area contributed by atoms with E-state index in [-0.39, 0.29) is 11.8 Å². The second kappa shape index (κ2) is 9.13. The van der Waals surface area contributed by atoms with Crippen LogP contribution in [0.3, 0.4) is 0 Å². The smallest absolute Gasteiger partial charge is 0.263 e. The molecule has 0 bridgehead atoms. The Morgan fingerprint density at radius 2 is 1.68 bits per heavy atom. The maximum absolute atomic E-state index is 13.2. The lowest BCUT2D eigenvalue weighted by Crippen LogP contribution is -2.50. The van der Waals surface area contributed by atoms with Crippen molar-refractivity contribution in [3.05, 3.63) is 57.3 Å². The van der Waals surface area contributed by atoms with Crippen molar-refractivity contribution in [1.29, 1.82) is 0 Å². The number of fused-ring (bicyclic) bond motifs is 1. The molecule has 5 rings (SSSR count). The number of thiophene rings is 1. The lowest BCUT2D eigenvalue weighted by atomic mass is 9.87. The highest BCUT2D eigenvalue weighted by molar-refractivity contribution is 7.14. The van der Waals surface area contributed by atoms with Crippen LogP contribution in [0.15, 0.2) is 36.4 Å². The predicted molar refractivity (Wildman–Crippen MR) is 123 cm³/mol. The van der Waals surface area contributed by atoms with Crippen molar-refractivity contribution >= 4 is 23.2 Å². The number of carbonyl (C=O) groups excluding carboxylic acids is 2. The number of carbonyl (C=O) groups is 2. The van der Waals surface area contributed by atoms with Gasteiger partial charge in [0.2, 0.25) is 5.91 Å². The van der Waals surface area contributed by atoms with Gasteiger partial charge in [0.15, 0.2) is 0 Å². The third kappa shape index (κ3) is 4.55. The summed E-state index contributed by atoms with van der Waals surface area (Å²) in [4.78, 5) is 34.6. The van der Waals surface area contributed by atoms with Crippen LogP contribution in [0.2, 0.25) is 0 Å². The average molecular weight is 438 g/mol. The van der Waals surface area contributed by atoms with Crippen LogP contribution < -0.4 is 0 Å².